The van der Waals surface area contributed by atoms with Gasteiger partial charge in [-0.25, -0.2) is 0 Å². The van der Waals surface area contributed by atoms with Crippen LogP contribution in [0.1, 0.15) is 19.8 Å². The van der Waals surface area contributed by atoms with E-state index in [1.165, 1.54) is 0 Å². The maximum Gasteiger partial charge on any atom is 0.119 e. The molecule has 2 unspecified atom stereocenters. The summed E-state index contributed by atoms with van der Waals surface area (Å²) >= 11 is 0. The van der Waals surface area contributed by atoms with Crippen LogP contribution in [0.3, 0.4) is 0 Å². The Labute approximate surface area is 121 Å². The lowest BCUT2D eigenvalue weighted by Gasteiger charge is -2.17. The van der Waals surface area contributed by atoms with Crippen LogP contribution in [0, 0.1) is 5.92 Å². The van der Waals surface area contributed by atoms with Crippen LogP contribution in [0.15, 0.2) is 24.3 Å². The first-order chi connectivity index (χ1) is 9.69. The molecule has 1 aliphatic heterocycles. The smallest absolute Gasteiger partial charge is 0.119 e. The summed E-state index contributed by atoms with van der Waals surface area (Å²) in [7, 11) is 1.66. The standard InChI is InChI=1S/C16H25NO3/c1-13(18)14-8-10-17(12-14)9-3-11-20-16-6-4-15(19-2)5-7-16/h4-7,13-14,18H,3,8-12H2,1-2H3. The van der Waals surface area contributed by atoms with E-state index in [0.29, 0.717) is 5.92 Å². The number of nitrogens with zero attached hydrogens (tertiary/aromatic N) is 1. The molecule has 4 nitrogen and oxygen atoms in total. The van der Waals surface area contributed by atoms with Crippen molar-refractivity contribution in [2.45, 2.75) is 25.9 Å². The normalized spacial score (nSPS) is 20.9. The van der Waals surface area contributed by atoms with Gasteiger partial charge in [-0.1, -0.05) is 0 Å². The number of ether oxygens (including phenoxy) is 2. The van der Waals surface area contributed by atoms with E-state index >= 15 is 0 Å². The second kappa shape index (κ2) is 7.50. The van der Waals surface area contributed by atoms with Gasteiger partial charge < -0.3 is 19.5 Å². The molecule has 20 heavy (non-hydrogen) atoms. The van der Waals surface area contributed by atoms with Crippen molar-refractivity contribution >= 4 is 0 Å². The maximum absolute atomic E-state index is 9.57. The molecule has 0 saturated carbocycles. The van der Waals surface area contributed by atoms with E-state index in [9.17, 15) is 5.11 Å². The highest BCUT2D eigenvalue weighted by Crippen LogP contribution is 2.20. The number of rotatable bonds is 7. The molecule has 1 aromatic rings. The summed E-state index contributed by atoms with van der Waals surface area (Å²) in [6.07, 6.45) is 1.94. The Morgan fingerprint density at radius 3 is 2.60 bits per heavy atom. The summed E-state index contributed by atoms with van der Waals surface area (Å²) in [5, 5.41) is 9.57. The molecule has 1 aliphatic rings. The Hall–Kier alpha value is -1.26. The van der Waals surface area contributed by atoms with E-state index in [1.807, 2.05) is 31.2 Å². The lowest BCUT2D eigenvalue weighted by atomic mass is 10.0. The van der Waals surface area contributed by atoms with Crippen molar-refractivity contribution in [2.75, 3.05) is 33.4 Å². The van der Waals surface area contributed by atoms with Crippen LogP contribution in [0.5, 0.6) is 11.5 Å². The van der Waals surface area contributed by atoms with Crippen LogP contribution in [0.2, 0.25) is 0 Å². The van der Waals surface area contributed by atoms with Crippen LogP contribution in [0.4, 0.5) is 0 Å². The topological polar surface area (TPSA) is 41.9 Å². The lowest BCUT2D eigenvalue weighted by Crippen LogP contribution is -2.26. The van der Waals surface area contributed by atoms with Crippen LogP contribution in [-0.4, -0.2) is 49.5 Å². The quantitative estimate of drug-likeness (QED) is 0.777. The molecule has 0 aliphatic carbocycles. The van der Waals surface area contributed by atoms with E-state index in [4.69, 9.17) is 9.47 Å². The van der Waals surface area contributed by atoms with Gasteiger partial charge in [-0.3, -0.25) is 0 Å². The Kier molecular flexibility index (Phi) is 5.68. The molecule has 0 amide bonds. The van der Waals surface area contributed by atoms with Gasteiger partial charge in [0.25, 0.3) is 0 Å². The molecule has 0 radical (unpaired) electrons. The Balaban J connectivity index is 1.62. The van der Waals surface area contributed by atoms with Gasteiger partial charge in [0.15, 0.2) is 0 Å². The second-order valence-electron chi connectivity index (χ2n) is 5.47. The zero-order valence-electron chi connectivity index (χ0n) is 12.4. The minimum Gasteiger partial charge on any atom is -0.497 e. The monoisotopic (exact) mass is 279 g/mol. The number of hydrogen-bond donors (Lipinski definition) is 1. The van der Waals surface area contributed by atoms with Crippen LogP contribution >= 0.6 is 0 Å². The highest BCUT2D eigenvalue weighted by Gasteiger charge is 2.25. The van der Waals surface area contributed by atoms with Gasteiger partial charge in [-0.2, -0.15) is 0 Å². The molecular weight excluding hydrogens is 254 g/mol. The molecule has 1 fully saturated rings. The molecule has 2 rings (SSSR count). The van der Waals surface area contributed by atoms with Crippen molar-refractivity contribution in [3.63, 3.8) is 0 Å². The molecular formula is C16H25NO3. The third kappa shape index (κ3) is 4.39. The Morgan fingerprint density at radius 2 is 2.00 bits per heavy atom. The van der Waals surface area contributed by atoms with E-state index in [1.54, 1.807) is 7.11 Å². The predicted octanol–water partition coefficient (Wildman–Crippen LogP) is 2.17. The lowest BCUT2D eigenvalue weighted by molar-refractivity contribution is 0.127. The number of hydrogen-bond acceptors (Lipinski definition) is 4. The fraction of sp³-hybridized carbons (Fsp3) is 0.625. The van der Waals surface area contributed by atoms with Crippen molar-refractivity contribution in [3.8, 4) is 11.5 Å². The summed E-state index contributed by atoms with van der Waals surface area (Å²) in [4.78, 5) is 2.41. The molecule has 2 atom stereocenters. The summed E-state index contributed by atoms with van der Waals surface area (Å²) in [6, 6.07) is 7.67. The van der Waals surface area contributed by atoms with E-state index in [0.717, 1.165) is 50.6 Å². The SMILES string of the molecule is COc1ccc(OCCCN2CCC(C(C)O)C2)cc1. The molecule has 4 heteroatoms. The molecule has 112 valence electrons. The minimum atomic E-state index is -0.185. The molecule has 0 bridgehead atoms. The predicted molar refractivity (Wildman–Crippen MR) is 79.3 cm³/mol. The Bertz CT molecular complexity index is 391. The highest BCUT2D eigenvalue weighted by molar-refractivity contribution is 5.31. The van der Waals surface area contributed by atoms with Gasteiger partial charge in [-0.15, -0.1) is 0 Å². The van der Waals surface area contributed by atoms with Crippen molar-refractivity contribution in [2.24, 2.45) is 5.92 Å². The van der Waals surface area contributed by atoms with Gasteiger partial charge in [-0.05, 0) is 56.5 Å². The fourth-order valence-corrected chi connectivity index (χ4v) is 2.61. The van der Waals surface area contributed by atoms with E-state index in [-0.39, 0.29) is 6.10 Å². The first-order valence-corrected chi connectivity index (χ1v) is 7.36. The summed E-state index contributed by atoms with van der Waals surface area (Å²) in [5.74, 6) is 2.17. The van der Waals surface area contributed by atoms with Gasteiger partial charge >= 0.3 is 0 Å². The third-order valence-corrected chi connectivity index (χ3v) is 3.94. The van der Waals surface area contributed by atoms with Gasteiger partial charge in [0.1, 0.15) is 11.5 Å². The number of aliphatic hydroxyl groups excluding tert-OH is 1. The first-order valence-electron chi connectivity index (χ1n) is 7.36. The van der Waals surface area contributed by atoms with Crippen molar-refractivity contribution in [1.82, 2.24) is 4.90 Å². The van der Waals surface area contributed by atoms with Crippen molar-refractivity contribution < 1.29 is 14.6 Å². The number of benzene rings is 1. The molecule has 0 aromatic heterocycles. The van der Waals surface area contributed by atoms with E-state index in [2.05, 4.69) is 4.90 Å². The van der Waals surface area contributed by atoms with Gasteiger partial charge in [0.2, 0.25) is 0 Å². The van der Waals surface area contributed by atoms with Gasteiger partial charge in [0.05, 0.1) is 19.8 Å². The van der Waals surface area contributed by atoms with Crippen LogP contribution in [0.25, 0.3) is 0 Å². The van der Waals surface area contributed by atoms with Crippen molar-refractivity contribution in [1.29, 1.82) is 0 Å². The zero-order chi connectivity index (χ0) is 14.4. The van der Waals surface area contributed by atoms with Crippen LogP contribution in [-0.2, 0) is 0 Å². The van der Waals surface area contributed by atoms with Crippen molar-refractivity contribution in [3.05, 3.63) is 24.3 Å². The van der Waals surface area contributed by atoms with Gasteiger partial charge in [0, 0.05) is 13.1 Å². The molecule has 1 saturated heterocycles. The minimum absolute atomic E-state index is 0.185. The average molecular weight is 279 g/mol. The summed E-state index contributed by atoms with van der Waals surface area (Å²) < 4.78 is 10.8. The average Bonchev–Trinajstić information content (AvgIpc) is 2.93. The largest absolute Gasteiger partial charge is 0.497 e. The van der Waals surface area contributed by atoms with E-state index < -0.39 is 0 Å². The summed E-state index contributed by atoms with van der Waals surface area (Å²) in [5.41, 5.74) is 0. The summed E-state index contributed by atoms with van der Waals surface area (Å²) in [6.45, 7) is 5.76. The second-order valence-corrected chi connectivity index (χ2v) is 5.47. The number of likely N-dealkylation sites (tertiary alicyclic amines) is 1. The Morgan fingerprint density at radius 1 is 1.30 bits per heavy atom. The fourth-order valence-electron chi connectivity index (χ4n) is 2.61. The zero-order valence-corrected chi connectivity index (χ0v) is 12.4. The number of aliphatic hydroxyl groups is 1. The molecule has 1 heterocycles. The number of methoxy groups -OCH3 is 1. The molecule has 1 aromatic carbocycles. The highest BCUT2D eigenvalue weighted by atomic mass is 16.5. The third-order valence-electron chi connectivity index (χ3n) is 3.94. The molecule has 1 N–H and O–H groups in total. The molecule has 0 spiro atoms. The maximum atomic E-state index is 9.57. The first kappa shape index (κ1) is 15.1. The van der Waals surface area contributed by atoms with Crippen LogP contribution < -0.4 is 9.47 Å².